The van der Waals surface area contributed by atoms with Crippen LogP contribution in [0.1, 0.15) is 0 Å². The van der Waals surface area contributed by atoms with Crippen molar-refractivity contribution < 1.29 is 20.2 Å². The Labute approximate surface area is 73.7 Å². The number of ether oxygens (including phenoxy) is 1. The maximum atomic E-state index is 10.3. The monoisotopic (exact) mass is 188 g/mol. The number of benzene rings is 1. The van der Waals surface area contributed by atoms with Crippen LogP contribution in [0, 0.1) is 0 Å². The molecule has 0 spiro atoms. The quantitative estimate of drug-likeness (QED) is 0.414. The minimum Gasteiger partial charge on any atom is -0.414 e. The van der Waals surface area contributed by atoms with Crippen LogP contribution in [0.15, 0.2) is 24.3 Å². The average Bonchev–Trinajstić information content (AvgIpc) is 2.05. The molecule has 12 heavy (non-hydrogen) atoms. The molecular formula is C7H7ClNO3+. The molecule has 0 radical (unpaired) electrons. The second-order valence-corrected chi connectivity index (χ2v) is 2.35. The van der Waals surface area contributed by atoms with Gasteiger partial charge in [-0.25, -0.2) is 10.0 Å². The highest BCUT2D eigenvalue weighted by atomic mass is 35.5. The summed E-state index contributed by atoms with van der Waals surface area (Å²) < 4.78 is 4.54. The Morgan fingerprint density at radius 1 is 1.42 bits per heavy atom. The highest BCUT2D eigenvalue weighted by Crippen LogP contribution is 2.13. The first-order valence-electron chi connectivity index (χ1n) is 3.17. The van der Waals surface area contributed by atoms with E-state index in [1.54, 1.807) is 12.1 Å². The summed E-state index contributed by atoms with van der Waals surface area (Å²) in [5.41, 5.74) is 0.701. The fraction of sp³-hybridized carbons (Fsp3) is 0. The highest BCUT2D eigenvalue weighted by molar-refractivity contribution is 6.61. The third-order valence-corrected chi connectivity index (χ3v) is 1.30. The van der Waals surface area contributed by atoms with E-state index >= 15 is 0 Å². The summed E-state index contributed by atoms with van der Waals surface area (Å²) in [6, 6.07) is 6.25. The molecule has 0 amide bonds. The Kier molecular flexibility index (Phi) is 3.04. The zero-order valence-corrected chi connectivity index (χ0v) is 6.78. The van der Waals surface area contributed by atoms with Gasteiger partial charge in [-0.3, -0.25) is 0 Å². The molecular weight excluding hydrogens is 182 g/mol. The van der Waals surface area contributed by atoms with Crippen molar-refractivity contribution in [1.82, 2.24) is 0 Å². The number of nitrogens with two attached hydrogens (primary N) is 1. The molecule has 0 unspecified atom stereocenters. The predicted molar refractivity (Wildman–Crippen MR) is 41.7 cm³/mol. The van der Waals surface area contributed by atoms with Gasteiger partial charge in [-0.05, 0) is 12.1 Å². The van der Waals surface area contributed by atoms with Gasteiger partial charge in [0.25, 0.3) is 0 Å². The predicted octanol–water partition coefficient (Wildman–Crippen LogP) is 1.01. The van der Waals surface area contributed by atoms with Gasteiger partial charge < -0.3 is 4.74 Å². The molecule has 1 rings (SSSR count). The molecule has 0 saturated heterocycles. The average molecular weight is 189 g/mol. The molecule has 4 nitrogen and oxygen atoms in total. The van der Waals surface area contributed by atoms with E-state index in [4.69, 9.17) is 16.8 Å². The first kappa shape index (κ1) is 8.99. The molecule has 0 saturated carbocycles. The minimum absolute atomic E-state index is 0.348. The molecule has 1 aromatic carbocycles. The van der Waals surface area contributed by atoms with Crippen LogP contribution < -0.4 is 10.2 Å². The molecule has 5 heteroatoms. The molecule has 0 aliphatic carbocycles. The molecule has 3 N–H and O–H groups in total. The Morgan fingerprint density at radius 3 is 2.42 bits per heavy atom. The van der Waals surface area contributed by atoms with Gasteiger partial charge in [0.1, 0.15) is 5.75 Å². The van der Waals surface area contributed by atoms with Crippen LogP contribution in [-0.4, -0.2) is 10.6 Å². The highest BCUT2D eigenvalue weighted by Gasteiger charge is 2.00. The minimum atomic E-state index is -0.879. The SMILES string of the molecule is O=C(Cl)Oc1ccc([NH2+]O)cc1. The van der Waals surface area contributed by atoms with Gasteiger partial charge in [-0.2, -0.15) is 5.48 Å². The Morgan fingerprint density at radius 2 is 2.00 bits per heavy atom. The van der Waals surface area contributed by atoms with Crippen LogP contribution in [0.5, 0.6) is 5.75 Å². The second-order valence-electron chi connectivity index (χ2n) is 2.04. The Hall–Kier alpha value is -1.10. The van der Waals surface area contributed by atoms with Crippen LogP contribution in [-0.2, 0) is 0 Å². The topological polar surface area (TPSA) is 63.1 Å². The normalized spacial score (nSPS) is 9.50. The molecule has 0 aliphatic rings. The Balaban J connectivity index is 2.71. The smallest absolute Gasteiger partial charge is 0.409 e. The second kappa shape index (κ2) is 4.06. The fourth-order valence-electron chi connectivity index (χ4n) is 0.715. The summed E-state index contributed by atoms with van der Waals surface area (Å²) in [5.74, 6) is 0.348. The van der Waals surface area contributed by atoms with Crippen molar-refractivity contribution in [1.29, 1.82) is 0 Å². The van der Waals surface area contributed by atoms with Crippen molar-refractivity contribution in [3.63, 3.8) is 0 Å². The summed E-state index contributed by atoms with van der Waals surface area (Å²) in [7, 11) is 0. The molecule has 1 aromatic rings. The van der Waals surface area contributed by atoms with Gasteiger partial charge in [0, 0.05) is 23.7 Å². The first-order valence-corrected chi connectivity index (χ1v) is 3.55. The summed E-state index contributed by atoms with van der Waals surface area (Å²) >= 11 is 4.97. The number of rotatable bonds is 2. The van der Waals surface area contributed by atoms with E-state index < -0.39 is 5.43 Å². The summed E-state index contributed by atoms with van der Waals surface area (Å²) in [6.45, 7) is 0. The zero-order chi connectivity index (χ0) is 8.97. The van der Waals surface area contributed by atoms with E-state index in [-0.39, 0.29) is 0 Å². The Bertz CT molecular complexity index is 272. The first-order chi connectivity index (χ1) is 5.72. The number of carbonyl (C=O) groups excluding carboxylic acids is 1. The van der Waals surface area contributed by atoms with Crippen molar-refractivity contribution in [2.24, 2.45) is 0 Å². The molecule has 64 valence electrons. The van der Waals surface area contributed by atoms with E-state index in [1.165, 1.54) is 12.1 Å². The summed E-state index contributed by atoms with van der Waals surface area (Å²) in [6.07, 6.45) is 0. The van der Waals surface area contributed by atoms with Crippen molar-refractivity contribution >= 4 is 22.7 Å². The number of quaternary nitrogens is 1. The number of hydrogen-bond acceptors (Lipinski definition) is 3. The summed E-state index contributed by atoms with van der Waals surface area (Å²) in [4.78, 5) is 10.3. The third kappa shape index (κ3) is 2.50. The van der Waals surface area contributed by atoms with Gasteiger partial charge in [0.2, 0.25) is 0 Å². The molecule has 0 aliphatic heterocycles. The van der Waals surface area contributed by atoms with Crippen LogP contribution in [0.4, 0.5) is 10.5 Å². The van der Waals surface area contributed by atoms with E-state index in [0.29, 0.717) is 11.4 Å². The maximum absolute atomic E-state index is 10.3. The molecule has 0 aromatic heterocycles. The van der Waals surface area contributed by atoms with Crippen molar-refractivity contribution in [3.8, 4) is 5.75 Å². The molecule has 0 atom stereocenters. The van der Waals surface area contributed by atoms with Gasteiger partial charge in [0.05, 0.1) is 0 Å². The maximum Gasteiger partial charge on any atom is 0.409 e. The van der Waals surface area contributed by atoms with Crippen LogP contribution >= 0.6 is 11.6 Å². The van der Waals surface area contributed by atoms with Crippen LogP contribution in [0.25, 0.3) is 0 Å². The summed E-state index contributed by atoms with van der Waals surface area (Å²) in [5, 5.41) is 8.55. The lowest BCUT2D eigenvalue weighted by molar-refractivity contribution is -0.825. The molecule has 0 heterocycles. The van der Waals surface area contributed by atoms with E-state index in [2.05, 4.69) is 4.74 Å². The fourth-order valence-corrected chi connectivity index (χ4v) is 0.804. The van der Waals surface area contributed by atoms with E-state index in [1.807, 2.05) is 0 Å². The third-order valence-electron chi connectivity index (χ3n) is 1.23. The van der Waals surface area contributed by atoms with E-state index in [9.17, 15) is 4.79 Å². The largest absolute Gasteiger partial charge is 0.414 e. The lowest BCUT2D eigenvalue weighted by atomic mass is 10.3. The lowest BCUT2D eigenvalue weighted by Crippen LogP contribution is -2.73. The molecule has 0 fully saturated rings. The molecule has 0 bridgehead atoms. The lowest BCUT2D eigenvalue weighted by Gasteiger charge is -1.98. The van der Waals surface area contributed by atoms with Gasteiger partial charge in [-0.15, -0.1) is 0 Å². The van der Waals surface area contributed by atoms with E-state index in [0.717, 1.165) is 5.48 Å². The van der Waals surface area contributed by atoms with Gasteiger partial charge in [-0.1, -0.05) is 0 Å². The van der Waals surface area contributed by atoms with Gasteiger partial charge >= 0.3 is 5.43 Å². The van der Waals surface area contributed by atoms with Crippen LogP contribution in [0.3, 0.4) is 0 Å². The zero-order valence-electron chi connectivity index (χ0n) is 6.03. The van der Waals surface area contributed by atoms with Crippen molar-refractivity contribution in [2.45, 2.75) is 0 Å². The number of halogens is 1. The number of hydrogen-bond donors (Lipinski definition) is 2. The van der Waals surface area contributed by atoms with Crippen LogP contribution in [0.2, 0.25) is 0 Å². The number of carbonyl (C=O) groups is 1. The van der Waals surface area contributed by atoms with Gasteiger partial charge in [0.15, 0.2) is 5.69 Å². The van der Waals surface area contributed by atoms with Crippen molar-refractivity contribution in [2.75, 3.05) is 0 Å². The van der Waals surface area contributed by atoms with Crippen molar-refractivity contribution in [3.05, 3.63) is 24.3 Å². The standard InChI is InChI=1S/C7H6ClNO3/c8-7(10)12-6-3-1-5(9-11)2-4-6/h1-4,9,11H/p+1.